The molecule has 0 aromatic heterocycles. The van der Waals surface area contributed by atoms with Crippen molar-refractivity contribution in [3.63, 3.8) is 0 Å². The summed E-state index contributed by atoms with van der Waals surface area (Å²) in [5.41, 5.74) is 1.29. The molecule has 0 bridgehead atoms. The molecular formula is C11H14O2. The van der Waals surface area contributed by atoms with E-state index in [0.717, 1.165) is 12.8 Å². The van der Waals surface area contributed by atoms with Crippen LogP contribution in [0.3, 0.4) is 0 Å². The molecule has 2 heteroatoms. The molecule has 70 valence electrons. The zero-order chi connectivity index (χ0) is 9.52. The Morgan fingerprint density at radius 1 is 1.31 bits per heavy atom. The Kier molecular flexibility index (Phi) is 4.03. The Balaban J connectivity index is 2.17. The van der Waals surface area contributed by atoms with E-state index in [1.54, 1.807) is 0 Å². The summed E-state index contributed by atoms with van der Waals surface area (Å²) < 4.78 is 4.82. The van der Waals surface area contributed by atoms with E-state index in [2.05, 4.69) is 12.1 Å². The van der Waals surface area contributed by atoms with Crippen molar-refractivity contribution in [1.29, 1.82) is 0 Å². The lowest BCUT2D eigenvalue weighted by Gasteiger charge is -2.01. The van der Waals surface area contributed by atoms with Crippen molar-refractivity contribution in [3.05, 3.63) is 35.9 Å². The molecule has 2 nitrogen and oxygen atoms in total. The van der Waals surface area contributed by atoms with Crippen LogP contribution in [0.1, 0.15) is 18.9 Å². The van der Waals surface area contributed by atoms with E-state index in [1.165, 1.54) is 12.5 Å². The van der Waals surface area contributed by atoms with E-state index >= 15 is 0 Å². The lowest BCUT2D eigenvalue weighted by Crippen LogP contribution is -2.01. The first-order valence-corrected chi connectivity index (χ1v) is 4.46. The number of benzene rings is 1. The number of ether oxygens (including phenoxy) is 1. The van der Waals surface area contributed by atoms with E-state index in [4.69, 9.17) is 4.74 Å². The summed E-state index contributed by atoms with van der Waals surface area (Å²) >= 11 is 0. The van der Waals surface area contributed by atoms with Crippen LogP contribution >= 0.6 is 0 Å². The summed E-state index contributed by atoms with van der Waals surface area (Å²) in [6.07, 6.45) is 1.86. The van der Waals surface area contributed by atoms with E-state index < -0.39 is 0 Å². The Labute approximate surface area is 78.5 Å². The minimum atomic E-state index is -0.201. The average molecular weight is 178 g/mol. The summed E-state index contributed by atoms with van der Waals surface area (Å²) in [6, 6.07) is 10.2. The van der Waals surface area contributed by atoms with Crippen LogP contribution < -0.4 is 0 Å². The third-order valence-electron chi connectivity index (χ3n) is 1.76. The van der Waals surface area contributed by atoms with Crippen molar-refractivity contribution in [3.8, 4) is 0 Å². The highest BCUT2D eigenvalue weighted by Crippen LogP contribution is 2.02. The number of aryl methyl sites for hydroxylation is 1. The fourth-order valence-electron chi connectivity index (χ4n) is 1.14. The Morgan fingerprint density at radius 2 is 2.00 bits per heavy atom. The molecule has 0 aliphatic carbocycles. The molecule has 0 heterocycles. The molecule has 0 fully saturated rings. The van der Waals surface area contributed by atoms with Gasteiger partial charge in [0.25, 0.3) is 0 Å². The minimum absolute atomic E-state index is 0.201. The standard InChI is InChI=1S/C11H14O2/c1-10(12)13-9-5-8-11-6-3-2-4-7-11/h2-4,6-7H,5,8-9H2,1H3. The Morgan fingerprint density at radius 3 is 2.62 bits per heavy atom. The number of esters is 1. The molecule has 0 aliphatic heterocycles. The highest BCUT2D eigenvalue weighted by atomic mass is 16.5. The molecule has 0 saturated carbocycles. The zero-order valence-corrected chi connectivity index (χ0v) is 7.82. The van der Waals surface area contributed by atoms with Gasteiger partial charge in [-0.2, -0.15) is 0 Å². The Bertz CT molecular complexity index is 254. The van der Waals surface area contributed by atoms with Gasteiger partial charge < -0.3 is 4.74 Å². The third kappa shape index (κ3) is 4.31. The van der Waals surface area contributed by atoms with Crippen LogP contribution in [0.15, 0.2) is 30.3 Å². The topological polar surface area (TPSA) is 26.3 Å². The maximum Gasteiger partial charge on any atom is 0.302 e. The number of rotatable bonds is 4. The maximum absolute atomic E-state index is 10.4. The van der Waals surface area contributed by atoms with Gasteiger partial charge in [-0.3, -0.25) is 4.79 Å². The highest BCUT2D eigenvalue weighted by molar-refractivity contribution is 5.65. The van der Waals surface area contributed by atoms with Gasteiger partial charge in [0.15, 0.2) is 0 Å². The largest absolute Gasteiger partial charge is 0.466 e. The van der Waals surface area contributed by atoms with Crippen molar-refractivity contribution in [2.24, 2.45) is 0 Å². The number of carbonyl (C=O) groups is 1. The predicted molar refractivity (Wildman–Crippen MR) is 51.4 cm³/mol. The lowest BCUT2D eigenvalue weighted by atomic mass is 10.1. The monoisotopic (exact) mass is 178 g/mol. The van der Waals surface area contributed by atoms with Crippen molar-refractivity contribution >= 4 is 5.97 Å². The first kappa shape index (κ1) is 9.78. The molecule has 0 saturated heterocycles. The van der Waals surface area contributed by atoms with Gasteiger partial charge >= 0.3 is 5.97 Å². The highest BCUT2D eigenvalue weighted by Gasteiger charge is 1.94. The second-order valence-corrected chi connectivity index (χ2v) is 2.93. The van der Waals surface area contributed by atoms with E-state index in [9.17, 15) is 4.79 Å². The van der Waals surface area contributed by atoms with Crippen molar-refractivity contribution in [2.45, 2.75) is 19.8 Å². The van der Waals surface area contributed by atoms with Crippen LogP contribution in [0.5, 0.6) is 0 Å². The molecular weight excluding hydrogens is 164 g/mol. The quantitative estimate of drug-likeness (QED) is 0.521. The molecule has 1 aromatic rings. The molecule has 13 heavy (non-hydrogen) atoms. The van der Waals surface area contributed by atoms with Gasteiger partial charge in [0.05, 0.1) is 6.61 Å². The zero-order valence-electron chi connectivity index (χ0n) is 7.82. The fraction of sp³-hybridized carbons (Fsp3) is 0.364. The fourth-order valence-corrected chi connectivity index (χ4v) is 1.14. The van der Waals surface area contributed by atoms with Crippen LogP contribution in [0.25, 0.3) is 0 Å². The lowest BCUT2D eigenvalue weighted by molar-refractivity contribution is -0.141. The SMILES string of the molecule is CC(=O)OCCCc1ccccc1. The van der Waals surface area contributed by atoms with Gasteiger partial charge in [0, 0.05) is 6.92 Å². The third-order valence-corrected chi connectivity index (χ3v) is 1.76. The second-order valence-electron chi connectivity index (χ2n) is 2.93. The number of hydrogen-bond acceptors (Lipinski definition) is 2. The molecule has 0 unspecified atom stereocenters. The van der Waals surface area contributed by atoms with Gasteiger partial charge in [-0.05, 0) is 18.4 Å². The van der Waals surface area contributed by atoms with Crippen molar-refractivity contribution in [2.75, 3.05) is 6.61 Å². The van der Waals surface area contributed by atoms with Crippen LogP contribution in [-0.4, -0.2) is 12.6 Å². The van der Waals surface area contributed by atoms with Crippen LogP contribution in [0.2, 0.25) is 0 Å². The van der Waals surface area contributed by atoms with Gasteiger partial charge in [-0.15, -0.1) is 0 Å². The molecule has 1 aromatic carbocycles. The summed E-state index contributed by atoms with van der Waals surface area (Å²) in [7, 11) is 0. The molecule has 0 aliphatic rings. The summed E-state index contributed by atoms with van der Waals surface area (Å²) in [6.45, 7) is 1.95. The van der Waals surface area contributed by atoms with Gasteiger partial charge in [-0.1, -0.05) is 30.3 Å². The van der Waals surface area contributed by atoms with Crippen molar-refractivity contribution in [1.82, 2.24) is 0 Å². The minimum Gasteiger partial charge on any atom is -0.466 e. The normalized spacial score (nSPS) is 9.62. The molecule has 1 rings (SSSR count). The molecule has 0 N–H and O–H groups in total. The molecule has 0 amide bonds. The summed E-state index contributed by atoms with van der Waals surface area (Å²) in [5, 5.41) is 0. The first-order chi connectivity index (χ1) is 6.29. The molecule has 0 atom stereocenters. The average Bonchev–Trinajstić information content (AvgIpc) is 2.14. The summed E-state index contributed by atoms with van der Waals surface area (Å²) in [5.74, 6) is -0.201. The maximum atomic E-state index is 10.4. The molecule has 0 spiro atoms. The predicted octanol–water partition coefficient (Wildman–Crippen LogP) is 2.18. The van der Waals surface area contributed by atoms with E-state index in [-0.39, 0.29) is 5.97 Å². The number of hydrogen-bond donors (Lipinski definition) is 0. The van der Waals surface area contributed by atoms with Crippen LogP contribution in [0, 0.1) is 0 Å². The first-order valence-electron chi connectivity index (χ1n) is 4.46. The van der Waals surface area contributed by atoms with Crippen molar-refractivity contribution < 1.29 is 9.53 Å². The second kappa shape index (κ2) is 5.36. The molecule has 0 radical (unpaired) electrons. The van der Waals surface area contributed by atoms with Crippen LogP contribution in [0.4, 0.5) is 0 Å². The number of carbonyl (C=O) groups excluding carboxylic acids is 1. The van der Waals surface area contributed by atoms with Gasteiger partial charge in [0.2, 0.25) is 0 Å². The van der Waals surface area contributed by atoms with Gasteiger partial charge in [0.1, 0.15) is 0 Å². The summed E-state index contributed by atoms with van der Waals surface area (Å²) in [4.78, 5) is 10.4. The van der Waals surface area contributed by atoms with Gasteiger partial charge in [-0.25, -0.2) is 0 Å². The van der Waals surface area contributed by atoms with E-state index in [1.807, 2.05) is 18.2 Å². The van der Waals surface area contributed by atoms with E-state index in [0.29, 0.717) is 6.61 Å². The smallest absolute Gasteiger partial charge is 0.302 e. The Hall–Kier alpha value is -1.31. The van der Waals surface area contributed by atoms with Crippen LogP contribution in [-0.2, 0) is 16.0 Å².